The molecule has 1 atom stereocenters. The Hall–Kier alpha value is -1.20. The topological polar surface area (TPSA) is 47.5 Å². The molecule has 2 rings (SSSR count). The fourth-order valence-electron chi connectivity index (χ4n) is 2.72. The summed E-state index contributed by atoms with van der Waals surface area (Å²) in [6, 6.07) is 2.05. The predicted octanol–water partition coefficient (Wildman–Crippen LogP) is 2.93. The Morgan fingerprint density at radius 1 is 1.32 bits per heavy atom. The molecule has 0 saturated carbocycles. The van der Waals surface area contributed by atoms with E-state index in [1.165, 1.54) is 0 Å². The number of anilines is 1. The quantitative estimate of drug-likeness (QED) is 0.837. The summed E-state index contributed by atoms with van der Waals surface area (Å²) in [6.45, 7) is 11.7. The van der Waals surface area contributed by atoms with E-state index in [0.717, 1.165) is 49.9 Å². The van der Waals surface area contributed by atoms with Crippen molar-refractivity contribution in [3.63, 3.8) is 0 Å². The summed E-state index contributed by atoms with van der Waals surface area (Å²) in [5.74, 6) is 1.87. The van der Waals surface area contributed by atoms with E-state index in [1.807, 2.05) is 6.07 Å². The lowest BCUT2D eigenvalue weighted by molar-refractivity contribution is 0.0525. The molecule has 1 aromatic rings. The van der Waals surface area contributed by atoms with Crippen LogP contribution in [0.3, 0.4) is 0 Å². The molecule has 0 spiro atoms. The van der Waals surface area contributed by atoms with Crippen molar-refractivity contribution in [2.24, 2.45) is 0 Å². The Kier molecular flexibility index (Phi) is 5.75. The first-order valence-electron chi connectivity index (χ1n) is 8.18. The molecule has 1 aliphatic heterocycles. The van der Waals surface area contributed by atoms with Crippen molar-refractivity contribution in [2.75, 3.05) is 31.7 Å². The van der Waals surface area contributed by atoms with Gasteiger partial charge in [0, 0.05) is 38.3 Å². The van der Waals surface area contributed by atoms with Crippen molar-refractivity contribution in [2.45, 2.75) is 58.7 Å². The molecule has 5 nitrogen and oxygen atoms in total. The Balaban J connectivity index is 2.26. The van der Waals surface area contributed by atoms with Gasteiger partial charge in [-0.25, -0.2) is 9.97 Å². The number of rotatable bonds is 5. The minimum absolute atomic E-state index is 0.0758. The highest BCUT2D eigenvalue weighted by Crippen LogP contribution is 2.25. The number of hydrogen-bond acceptors (Lipinski definition) is 5. The fourth-order valence-corrected chi connectivity index (χ4v) is 2.72. The van der Waals surface area contributed by atoms with E-state index in [1.54, 1.807) is 7.11 Å². The maximum absolute atomic E-state index is 5.80. The number of nitrogens with zero attached hydrogens (tertiary/aromatic N) is 3. The van der Waals surface area contributed by atoms with Crippen LogP contribution in [0.2, 0.25) is 0 Å². The van der Waals surface area contributed by atoms with E-state index in [4.69, 9.17) is 14.5 Å². The zero-order valence-corrected chi connectivity index (χ0v) is 14.6. The molecule has 0 unspecified atom stereocenters. The average molecular weight is 307 g/mol. The molecule has 1 aliphatic rings. The second-order valence-electron chi connectivity index (χ2n) is 6.89. The first-order chi connectivity index (χ1) is 10.4. The summed E-state index contributed by atoms with van der Waals surface area (Å²) in [4.78, 5) is 11.8. The fraction of sp³-hybridized carbons (Fsp3) is 0.765. The molecule has 0 amide bonds. The van der Waals surface area contributed by atoms with Gasteiger partial charge in [0.2, 0.25) is 0 Å². The van der Waals surface area contributed by atoms with Crippen LogP contribution in [-0.2, 0) is 21.5 Å². The molecule has 2 heterocycles. The van der Waals surface area contributed by atoms with Crippen LogP contribution in [0.4, 0.5) is 5.82 Å². The summed E-state index contributed by atoms with van der Waals surface area (Å²) in [5.41, 5.74) is 0.865. The van der Waals surface area contributed by atoms with Gasteiger partial charge in [-0.15, -0.1) is 0 Å². The third-order valence-corrected chi connectivity index (χ3v) is 3.83. The summed E-state index contributed by atoms with van der Waals surface area (Å²) >= 11 is 0. The van der Waals surface area contributed by atoms with E-state index in [9.17, 15) is 0 Å². The van der Waals surface area contributed by atoms with Gasteiger partial charge in [-0.3, -0.25) is 0 Å². The van der Waals surface area contributed by atoms with Gasteiger partial charge in [0.15, 0.2) is 0 Å². The van der Waals surface area contributed by atoms with Gasteiger partial charge in [0.25, 0.3) is 0 Å². The summed E-state index contributed by atoms with van der Waals surface area (Å²) in [6.07, 6.45) is 2.57. The normalized spacial score (nSPS) is 19.5. The number of methoxy groups -OCH3 is 1. The number of hydrogen-bond donors (Lipinski definition) is 0. The van der Waals surface area contributed by atoms with Gasteiger partial charge in [0.1, 0.15) is 11.6 Å². The van der Waals surface area contributed by atoms with Gasteiger partial charge < -0.3 is 14.4 Å². The lowest BCUT2D eigenvalue weighted by Crippen LogP contribution is -2.40. The summed E-state index contributed by atoms with van der Waals surface area (Å²) in [7, 11) is 1.70. The first kappa shape index (κ1) is 17.2. The molecule has 1 fully saturated rings. The lowest BCUT2D eigenvalue weighted by Gasteiger charge is -2.34. The zero-order chi connectivity index (χ0) is 16.2. The number of ether oxygens (including phenoxy) is 2. The molecule has 0 N–H and O–H groups in total. The average Bonchev–Trinajstić information content (AvgIpc) is 2.47. The van der Waals surface area contributed by atoms with E-state index < -0.39 is 0 Å². The van der Waals surface area contributed by atoms with Crippen LogP contribution in [-0.4, -0.2) is 42.9 Å². The minimum atomic E-state index is -0.0758. The highest BCUT2D eigenvalue weighted by atomic mass is 16.5. The number of piperidine rings is 1. The van der Waals surface area contributed by atoms with E-state index in [2.05, 4.69) is 37.6 Å². The van der Waals surface area contributed by atoms with Crippen LogP contribution >= 0.6 is 0 Å². The summed E-state index contributed by atoms with van der Waals surface area (Å²) in [5, 5.41) is 0. The third kappa shape index (κ3) is 4.40. The molecule has 5 heteroatoms. The van der Waals surface area contributed by atoms with Gasteiger partial charge >= 0.3 is 0 Å². The third-order valence-electron chi connectivity index (χ3n) is 3.83. The van der Waals surface area contributed by atoms with E-state index in [0.29, 0.717) is 12.7 Å². The Labute approximate surface area is 134 Å². The summed E-state index contributed by atoms with van der Waals surface area (Å²) < 4.78 is 11.1. The largest absolute Gasteiger partial charge is 0.378 e. The molecule has 124 valence electrons. The maximum atomic E-state index is 5.80. The van der Waals surface area contributed by atoms with Crippen LogP contribution in [0.1, 0.15) is 52.1 Å². The molecular formula is C17H29N3O2. The van der Waals surface area contributed by atoms with Crippen LogP contribution in [0.5, 0.6) is 0 Å². The molecule has 0 radical (unpaired) electrons. The van der Waals surface area contributed by atoms with E-state index >= 15 is 0 Å². The Morgan fingerprint density at radius 3 is 2.73 bits per heavy atom. The maximum Gasteiger partial charge on any atom is 0.136 e. The Bertz CT molecular complexity index is 483. The highest BCUT2D eigenvalue weighted by molar-refractivity contribution is 5.41. The smallest absolute Gasteiger partial charge is 0.136 e. The predicted molar refractivity (Wildman–Crippen MR) is 88.3 cm³/mol. The first-order valence-corrected chi connectivity index (χ1v) is 8.18. The molecule has 0 aromatic carbocycles. The van der Waals surface area contributed by atoms with Gasteiger partial charge in [0.05, 0.1) is 18.4 Å². The standard InChI is InChI=1S/C17H29N3O2/c1-6-22-14-8-7-9-20(11-14)15-10-13(12-21-5)18-16(19-15)17(2,3)4/h10,14H,6-9,11-12H2,1-5H3/t14-/m1/s1. The monoisotopic (exact) mass is 307 g/mol. The lowest BCUT2D eigenvalue weighted by atomic mass is 9.95. The van der Waals surface area contributed by atoms with E-state index in [-0.39, 0.29) is 5.41 Å². The van der Waals surface area contributed by atoms with Crippen molar-refractivity contribution >= 4 is 5.82 Å². The van der Waals surface area contributed by atoms with Crippen molar-refractivity contribution in [3.8, 4) is 0 Å². The molecule has 1 aromatic heterocycles. The SMILES string of the molecule is CCO[C@@H]1CCCN(c2cc(COC)nc(C(C)(C)C)n2)C1. The molecule has 22 heavy (non-hydrogen) atoms. The van der Waals surface area contributed by atoms with Crippen molar-refractivity contribution < 1.29 is 9.47 Å². The van der Waals surface area contributed by atoms with Gasteiger partial charge in [-0.2, -0.15) is 0 Å². The minimum Gasteiger partial charge on any atom is -0.378 e. The van der Waals surface area contributed by atoms with Crippen LogP contribution < -0.4 is 4.90 Å². The molecule has 1 saturated heterocycles. The highest BCUT2D eigenvalue weighted by Gasteiger charge is 2.24. The van der Waals surface area contributed by atoms with Crippen molar-refractivity contribution in [1.82, 2.24) is 9.97 Å². The number of aromatic nitrogens is 2. The van der Waals surface area contributed by atoms with Crippen molar-refractivity contribution in [3.05, 3.63) is 17.6 Å². The van der Waals surface area contributed by atoms with Crippen molar-refractivity contribution in [1.29, 1.82) is 0 Å². The second-order valence-corrected chi connectivity index (χ2v) is 6.89. The zero-order valence-electron chi connectivity index (χ0n) is 14.6. The molecule has 0 bridgehead atoms. The van der Waals surface area contributed by atoms with Crippen LogP contribution in [0.15, 0.2) is 6.07 Å². The van der Waals surface area contributed by atoms with Gasteiger partial charge in [-0.05, 0) is 19.8 Å². The van der Waals surface area contributed by atoms with Crippen LogP contribution in [0, 0.1) is 0 Å². The van der Waals surface area contributed by atoms with Gasteiger partial charge in [-0.1, -0.05) is 20.8 Å². The molecular weight excluding hydrogens is 278 g/mol. The Morgan fingerprint density at radius 2 is 2.09 bits per heavy atom. The van der Waals surface area contributed by atoms with Crippen LogP contribution in [0.25, 0.3) is 0 Å². The second kappa shape index (κ2) is 7.38. The molecule has 0 aliphatic carbocycles.